The number of benzene rings is 10. The van der Waals surface area contributed by atoms with Crippen LogP contribution in [-0.2, 0) is 0 Å². The van der Waals surface area contributed by atoms with Crippen molar-refractivity contribution >= 4 is 120 Å². The zero-order valence-electron chi connectivity index (χ0n) is 31.7. The second kappa shape index (κ2) is 10.5. The monoisotopic (exact) mass is 745 g/mol. The van der Waals surface area contributed by atoms with Crippen molar-refractivity contribution in [1.82, 2.24) is 13.4 Å². The smallest absolute Gasteiger partial charge is 0.0626 e. The van der Waals surface area contributed by atoms with Gasteiger partial charge in [0.1, 0.15) is 0 Å². The predicted molar refractivity (Wildman–Crippen MR) is 251 cm³/mol. The number of rotatable bonds is 2. The van der Waals surface area contributed by atoms with Gasteiger partial charge in [-0.05, 0) is 87.8 Å². The van der Waals surface area contributed by atoms with E-state index >= 15 is 0 Å². The van der Waals surface area contributed by atoms with Crippen LogP contribution in [0, 0.1) is 0 Å². The van der Waals surface area contributed by atoms with Crippen molar-refractivity contribution in [2.24, 2.45) is 0 Å². The van der Waals surface area contributed by atoms with Crippen molar-refractivity contribution in [2.45, 2.75) is 0 Å². The van der Waals surface area contributed by atoms with Crippen LogP contribution < -0.4 is 0 Å². The first-order valence-electron chi connectivity index (χ1n) is 20.5. The molecular weight excluding hydrogens is 715 g/mol. The summed E-state index contributed by atoms with van der Waals surface area (Å²) in [6.45, 7) is 0. The molecule has 270 valence electrons. The molecule has 0 saturated heterocycles. The van der Waals surface area contributed by atoms with Gasteiger partial charge in [0.25, 0.3) is 0 Å². The number of hydrogen-bond donors (Lipinski definition) is 0. The fourth-order valence-corrected chi connectivity index (χ4v) is 11.2. The van der Waals surface area contributed by atoms with Gasteiger partial charge in [-0.1, -0.05) is 127 Å². The molecule has 0 bridgehead atoms. The molecule has 3 nitrogen and oxygen atoms in total. The molecule has 0 unspecified atom stereocenters. The van der Waals surface area contributed by atoms with E-state index in [1.165, 1.54) is 136 Å². The topological polar surface area (TPSA) is 13.8 Å². The van der Waals surface area contributed by atoms with E-state index in [1.54, 1.807) is 0 Å². The molecule has 15 rings (SSSR count). The summed E-state index contributed by atoms with van der Waals surface area (Å²) in [5, 5.41) is 18.0. The van der Waals surface area contributed by atoms with Crippen LogP contribution >= 0.6 is 0 Å². The van der Waals surface area contributed by atoms with Crippen LogP contribution in [0.2, 0.25) is 0 Å². The zero-order chi connectivity index (χ0) is 38.1. The van der Waals surface area contributed by atoms with Crippen LogP contribution in [0.25, 0.3) is 136 Å². The van der Waals surface area contributed by atoms with E-state index in [4.69, 9.17) is 0 Å². The fourth-order valence-electron chi connectivity index (χ4n) is 11.2. The van der Waals surface area contributed by atoms with Gasteiger partial charge < -0.3 is 13.4 Å². The van der Waals surface area contributed by atoms with E-state index in [2.05, 4.69) is 201 Å². The zero-order valence-corrected chi connectivity index (χ0v) is 31.7. The van der Waals surface area contributed by atoms with Crippen molar-refractivity contribution in [1.29, 1.82) is 0 Å². The number of para-hydroxylation sites is 4. The van der Waals surface area contributed by atoms with Crippen molar-refractivity contribution in [3.8, 4) is 16.8 Å². The van der Waals surface area contributed by atoms with Gasteiger partial charge in [0.15, 0.2) is 0 Å². The van der Waals surface area contributed by atoms with Crippen LogP contribution in [0.5, 0.6) is 0 Å². The summed E-state index contributed by atoms with van der Waals surface area (Å²) in [5.41, 5.74) is 13.7. The van der Waals surface area contributed by atoms with Gasteiger partial charge in [-0.25, -0.2) is 0 Å². The molecule has 0 atom stereocenters. The molecule has 0 fully saturated rings. The normalized spacial score (nSPS) is 12.7. The highest BCUT2D eigenvalue weighted by Gasteiger charge is 2.25. The average Bonchev–Trinajstić information content (AvgIpc) is 4.08. The van der Waals surface area contributed by atoms with Gasteiger partial charge in [-0.2, -0.15) is 0 Å². The minimum absolute atomic E-state index is 1.17. The quantitative estimate of drug-likeness (QED) is 0.167. The predicted octanol–water partition coefficient (Wildman–Crippen LogP) is 15.1. The molecule has 5 heterocycles. The maximum absolute atomic E-state index is 2.61. The standard InChI is InChI=1S/C56H31N3/c1-2-15-36(16-3-1)57-48-23-9-8-18-38(48)44-28-35(24-25-49(44)57)43-27-34-14-6-7-17-37(34)53-42-22-11-21-41-47-30-51-46(31-52(47)59(55(41)42)56(43)53)40-20-10-19-39-45-26-32-12-4-5-13-33(32)29-50(45)58(51)54(39)40/h1-31H. The molecular formula is C56H31N3. The molecule has 0 amide bonds. The third-order valence-corrected chi connectivity index (χ3v) is 13.6. The highest BCUT2D eigenvalue weighted by molar-refractivity contribution is 6.33. The van der Waals surface area contributed by atoms with Crippen molar-refractivity contribution in [3.63, 3.8) is 0 Å². The van der Waals surface area contributed by atoms with Crippen LogP contribution in [0.4, 0.5) is 0 Å². The Morgan fingerprint density at radius 1 is 0.271 bits per heavy atom. The molecule has 10 aromatic carbocycles. The van der Waals surface area contributed by atoms with E-state index in [0.717, 1.165) is 0 Å². The Morgan fingerprint density at radius 3 is 1.59 bits per heavy atom. The van der Waals surface area contributed by atoms with Crippen LogP contribution in [0.1, 0.15) is 0 Å². The number of nitrogens with zero attached hydrogens (tertiary/aromatic N) is 3. The van der Waals surface area contributed by atoms with Crippen LogP contribution in [-0.4, -0.2) is 13.4 Å². The number of fused-ring (bicyclic) bond motifs is 18. The number of hydrogen-bond acceptors (Lipinski definition) is 0. The van der Waals surface area contributed by atoms with E-state index in [1.807, 2.05) is 0 Å². The Bertz CT molecular complexity index is 4290. The molecule has 15 aromatic rings. The SMILES string of the molecule is c1ccc(-n2c3ccccc3c3cc(-c4cc5ccccc5c5c6cccc7c8cc9c(cc8n(c45)c76)c4cccc5c6cc7ccccc7cc6n9c54)ccc32)cc1. The van der Waals surface area contributed by atoms with E-state index in [-0.39, 0.29) is 0 Å². The highest BCUT2D eigenvalue weighted by Crippen LogP contribution is 2.48. The van der Waals surface area contributed by atoms with Crippen LogP contribution in [0.15, 0.2) is 188 Å². The first-order chi connectivity index (χ1) is 29.3. The van der Waals surface area contributed by atoms with E-state index in [0.29, 0.717) is 0 Å². The Morgan fingerprint density at radius 2 is 0.814 bits per heavy atom. The summed E-state index contributed by atoms with van der Waals surface area (Å²) in [6, 6.07) is 70.4. The molecule has 0 saturated carbocycles. The first kappa shape index (κ1) is 30.3. The molecule has 0 N–H and O–H groups in total. The minimum atomic E-state index is 1.17. The third-order valence-electron chi connectivity index (χ3n) is 13.6. The Kier molecular flexibility index (Phi) is 5.41. The van der Waals surface area contributed by atoms with Gasteiger partial charge >= 0.3 is 0 Å². The lowest BCUT2D eigenvalue weighted by atomic mass is 9.94. The average molecular weight is 746 g/mol. The molecule has 0 spiro atoms. The molecule has 3 heteroatoms. The lowest BCUT2D eigenvalue weighted by Gasteiger charge is -2.11. The molecule has 5 aromatic heterocycles. The summed E-state index contributed by atoms with van der Waals surface area (Å²) in [7, 11) is 0. The Balaban J connectivity index is 1.10. The summed E-state index contributed by atoms with van der Waals surface area (Å²) in [4.78, 5) is 0. The molecule has 0 aliphatic heterocycles. The van der Waals surface area contributed by atoms with E-state index < -0.39 is 0 Å². The third kappa shape index (κ3) is 3.66. The highest BCUT2D eigenvalue weighted by atomic mass is 15.0. The molecule has 0 aliphatic carbocycles. The van der Waals surface area contributed by atoms with Gasteiger partial charge in [0.2, 0.25) is 0 Å². The van der Waals surface area contributed by atoms with Crippen LogP contribution in [0.3, 0.4) is 0 Å². The Hall–Kier alpha value is -7.88. The summed E-state index contributed by atoms with van der Waals surface area (Å²) in [5.74, 6) is 0. The Labute approximate surface area is 336 Å². The second-order valence-electron chi connectivity index (χ2n) is 16.5. The maximum Gasteiger partial charge on any atom is 0.0626 e. The maximum atomic E-state index is 2.61. The lowest BCUT2D eigenvalue weighted by molar-refractivity contribution is 1.18. The first-order valence-corrected chi connectivity index (χ1v) is 20.5. The van der Waals surface area contributed by atoms with Crippen molar-refractivity contribution in [3.05, 3.63) is 188 Å². The van der Waals surface area contributed by atoms with Gasteiger partial charge in [0, 0.05) is 65.1 Å². The summed E-state index contributed by atoms with van der Waals surface area (Å²) >= 11 is 0. The lowest BCUT2D eigenvalue weighted by Crippen LogP contribution is -1.93. The largest absolute Gasteiger partial charge is 0.309 e. The molecule has 0 radical (unpaired) electrons. The van der Waals surface area contributed by atoms with E-state index in [9.17, 15) is 0 Å². The number of aromatic nitrogens is 3. The summed E-state index contributed by atoms with van der Waals surface area (Å²) < 4.78 is 7.54. The van der Waals surface area contributed by atoms with Gasteiger partial charge in [-0.15, -0.1) is 0 Å². The minimum Gasteiger partial charge on any atom is -0.309 e. The summed E-state index contributed by atoms with van der Waals surface area (Å²) in [6.07, 6.45) is 0. The molecule has 0 aliphatic rings. The van der Waals surface area contributed by atoms with Gasteiger partial charge in [0.05, 0.1) is 44.1 Å². The van der Waals surface area contributed by atoms with Gasteiger partial charge in [-0.3, -0.25) is 0 Å². The van der Waals surface area contributed by atoms with Crippen molar-refractivity contribution < 1.29 is 0 Å². The molecule has 59 heavy (non-hydrogen) atoms. The second-order valence-corrected chi connectivity index (χ2v) is 16.5. The fraction of sp³-hybridized carbons (Fsp3) is 0. The van der Waals surface area contributed by atoms with Crippen molar-refractivity contribution in [2.75, 3.05) is 0 Å².